The van der Waals surface area contributed by atoms with Crippen molar-refractivity contribution in [1.29, 1.82) is 0 Å². The van der Waals surface area contributed by atoms with Gasteiger partial charge in [0.1, 0.15) is 18.2 Å². The van der Waals surface area contributed by atoms with Gasteiger partial charge >= 0.3 is 0 Å². The summed E-state index contributed by atoms with van der Waals surface area (Å²) in [5.74, 6) is 0.518. The normalized spacial score (nSPS) is 10.3. The van der Waals surface area contributed by atoms with Gasteiger partial charge in [-0.15, -0.1) is 0 Å². The highest BCUT2D eigenvalue weighted by molar-refractivity contribution is 5.39. The maximum atomic E-state index is 12.9. The number of ether oxygens (including phenoxy) is 1. The first-order chi connectivity index (χ1) is 8.16. The molecule has 1 aromatic carbocycles. The first-order valence-electron chi connectivity index (χ1n) is 5.45. The molecule has 3 heteroatoms. The Morgan fingerprint density at radius 2 is 1.88 bits per heavy atom. The average molecular weight is 231 g/mol. The quantitative estimate of drug-likeness (QED) is 0.807. The Morgan fingerprint density at radius 3 is 2.53 bits per heavy atom. The third kappa shape index (κ3) is 2.81. The molecule has 1 heterocycles. The lowest BCUT2D eigenvalue weighted by Gasteiger charge is -2.11. The van der Waals surface area contributed by atoms with E-state index in [4.69, 9.17) is 4.74 Å². The first kappa shape index (κ1) is 11.6. The van der Waals surface area contributed by atoms with Crippen molar-refractivity contribution < 1.29 is 9.13 Å². The maximum absolute atomic E-state index is 12.9. The Labute approximate surface area is 100 Å². The van der Waals surface area contributed by atoms with Crippen molar-refractivity contribution in [2.45, 2.75) is 20.5 Å². The van der Waals surface area contributed by atoms with E-state index in [0.717, 1.165) is 22.4 Å². The summed E-state index contributed by atoms with van der Waals surface area (Å²) in [5, 5.41) is 0. The SMILES string of the molecule is Cc1cccc(C)c1OCc1cncc(F)c1. The van der Waals surface area contributed by atoms with E-state index in [1.807, 2.05) is 32.0 Å². The molecular formula is C14H14FNO. The summed E-state index contributed by atoms with van der Waals surface area (Å²) in [7, 11) is 0. The van der Waals surface area contributed by atoms with E-state index in [1.165, 1.54) is 12.3 Å². The zero-order valence-electron chi connectivity index (χ0n) is 9.90. The van der Waals surface area contributed by atoms with Crippen molar-refractivity contribution in [2.24, 2.45) is 0 Å². The van der Waals surface area contributed by atoms with E-state index < -0.39 is 0 Å². The minimum atomic E-state index is -0.340. The fourth-order valence-corrected chi connectivity index (χ4v) is 1.72. The largest absolute Gasteiger partial charge is 0.488 e. The molecule has 0 amide bonds. The van der Waals surface area contributed by atoms with E-state index in [9.17, 15) is 4.39 Å². The van der Waals surface area contributed by atoms with Crippen LogP contribution in [0.3, 0.4) is 0 Å². The van der Waals surface area contributed by atoms with E-state index in [1.54, 1.807) is 6.20 Å². The van der Waals surface area contributed by atoms with Gasteiger partial charge in [0.05, 0.1) is 6.20 Å². The zero-order chi connectivity index (χ0) is 12.3. The van der Waals surface area contributed by atoms with Crippen LogP contribution in [0.5, 0.6) is 5.75 Å². The van der Waals surface area contributed by atoms with Crippen LogP contribution in [0.25, 0.3) is 0 Å². The molecule has 0 bridgehead atoms. The molecule has 1 aromatic heterocycles. The second-order valence-corrected chi connectivity index (χ2v) is 4.02. The Kier molecular flexibility index (Phi) is 3.38. The van der Waals surface area contributed by atoms with E-state index in [0.29, 0.717) is 6.61 Å². The van der Waals surface area contributed by atoms with Gasteiger partial charge in [-0.1, -0.05) is 18.2 Å². The van der Waals surface area contributed by atoms with E-state index in [2.05, 4.69) is 4.98 Å². The van der Waals surface area contributed by atoms with E-state index in [-0.39, 0.29) is 5.82 Å². The van der Waals surface area contributed by atoms with Gasteiger partial charge in [-0.3, -0.25) is 4.98 Å². The lowest BCUT2D eigenvalue weighted by Crippen LogP contribution is -1.99. The summed E-state index contributed by atoms with van der Waals surface area (Å²) in [6, 6.07) is 7.40. The molecule has 0 spiro atoms. The van der Waals surface area contributed by atoms with Crippen LogP contribution >= 0.6 is 0 Å². The van der Waals surface area contributed by atoms with Crippen molar-refractivity contribution in [3.63, 3.8) is 0 Å². The number of para-hydroxylation sites is 1. The Morgan fingerprint density at radius 1 is 1.18 bits per heavy atom. The number of hydrogen-bond donors (Lipinski definition) is 0. The molecule has 0 saturated heterocycles. The standard InChI is InChI=1S/C14H14FNO/c1-10-4-3-5-11(2)14(10)17-9-12-6-13(15)8-16-7-12/h3-8H,9H2,1-2H3. The summed E-state index contributed by atoms with van der Waals surface area (Å²) >= 11 is 0. The monoisotopic (exact) mass is 231 g/mol. The number of benzene rings is 1. The number of hydrogen-bond acceptors (Lipinski definition) is 2. The Hall–Kier alpha value is -1.90. The van der Waals surface area contributed by atoms with Crippen LogP contribution in [-0.4, -0.2) is 4.98 Å². The summed E-state index contributed by atoms with van der Waals surface area (Å²) in [4.78, 5) is 3.79. The molecule has 2 nitrogen and oxygen atoms in total. The molecule has 0 saturated carbocycles. The Balaban J connectivity index is 2.13. The smallest absolute Gasteiger partial charge is 0.141 e. The topological polar surface area (TPSA) is 22.1 Å². The van der Waals surface area contributed by atoms with Crippen LogP contribution < -0.4 is 4.74 Å². The highest BCUT2D eigenvalue weighted by Crippen LogP contribution is 2.23. The molecular weight excluding hydrogens is 217 g/mol. The summed E-state index contributed by atoms with van der Waals surface area (Å²) in [5.41, 5.74) is 2.89. The maximum Gasteiger partial charge on any atom is 0.141 e. The van der Waals surface area contributed by atoms with Gasteiger partial charge in [-0.25, -0.2) is 4.39 Å². The van der Waals surface area contributed by atoms with Crippen molar-refractivity contribution in [2.75, 3.05) is 0 Å². The molecule has 0 atom stereocenters. The second kappa shape index (κ2) is 4.95. The molecule has 0 N–H and O–H groups in total. The molecule has 0 aliphatic rings. The second-order valence-electron chi connectivity index (χ2n) is 4.02. The summed E-state index contributed by atoms with van der Waals surface area (Å²) < 4.78 is 18.6. The van der Waals surface area contributed by atoms with E-state index >= 15 is 0 Å². The van der Waals surface area contributed by atoms with Gasteiger partial charge < -0.3 is 4.74 Å². The first-order valence-corrected chi connectivity index (χ1v) is 5.45. The van der Waals surface area contributed by atoms with Gasteiger partial charge in [0.15, 0.2) is 0 Å². The van der Waals surface area contributed by atoms with Gasteiger partial charge in [0.25, 0.3) is 0 Å². The number of nitrogens with zero attached hydrogens (tertiary/aromatic N) is 1. The van der Waals surface area contributed by atoms with Crippen LogP contribution in [0.15, 0.2) is 36.7 Å². The van der Waals surface area contributed by atoms with Gasteiger partial charge in [-0.2, -0.15) is 0 Å². The van der Waals surface area contributed by atoms with Crippen molar-refractivity contribution in [1.82, 2.24) is 4.98 Å². The third-order valence-electron chi connectivity index (χ3n) is 2.55. The van der Waals surface area contributed by atoms with Crippen molar-refractivity contribution >= 4 is 0 Å². The lowest BCUT2D eigenvalue weighted by atomic mass is 10.1. The van der Waals surface area contributed by atoms with Crippen LogP contribution in [0.1, 0.15) is 16.7 Å². The Bertz CT molecular complexity index is 505. The van der Waals surface area contributed by atoms with Gasteiger partial charge in [0, 0.05) is 11.8 Å². The van der Waals surface area contributed by atoms with Crippen LogP contribution in [0, 0.1) is 19.7 Å². The number of pyridine rings is 1. The van der Waals surface area contributed by atoms with Gasteiger partial charge in [0.2, 0.25) is 0 Å². The summed E-state index contributed by atoms with van der Waals surface area (Å²) in [6.07, 6.45) is 2.79. The molecule has 0 unspecified atom stereocenters. The molecule has 17 heavy (non-hydrogen) atoms. The molecule has 88 valence electrons. The fourth-order valence-electron chi connectivity index (χ4n) is 1.72. The molecule has 2 rings (SSSR count). The number of aromatic nitrogens is 1. The highest BCUT2D eigenvalue weighted by Gasteiger charge is 2.04. The van der Waals surface area contributed by atoms with Crippen LogP contribution in [-0.2, 0) is 6.61 Å². The molecule has 2 aromatic rings. The minimum Gasteiger partial charge on any atom is -0.488 e. The van der Waals surface area contributed by atoms with Crippen LogP contribution in [0.4, 0.5) is 4.39 Å². The van der Waals surface area contributed by atoms with Crippen molar-refractivity contribution in [3.05, 3.63) is 59.2 Å². The van der Waals surface area contributed by atoms with Crippen LogP contribution in [0.2, 0.25) is 0 Å². The highest BCUT2D eigenvalue weighted by atomic mass is 19.1. The summed E-state index contributed by atoms with van der Waals surface area (Å²) in [6.45, 7) is 4.31. The average Bonchev–Trinajstić information content (AvgIpc) is 2.28. The lowest BCUT2D eigenvalue weighted by molar-refractivity contribution is 0.301. The molecule has 0 fully saturated rings. The predicted molar refractivity (Wildman–Crippen MR) is 64.4 cm³/mol. The molecule has 0 aliphatic heterocycles. The molecule has 0 radical (unpaired) electrons. The zero-order valence-corrected chi connectivity index (χ0v) is 9.90. The number of rotatable bonds is 3. The predicted octanol–water partition coefficient (Wildman–Crippen LogP) is 3.42. The van der Waals surface area contributed by atoms with Gasteiger partial charge in [-0.05, 0) is 31.0 Å². The fraction of sp³-hybridized carbons (Fsp3) is 0.214. The number of aryl methyl sites for hydroxylation is 2. The third-order valence-corrected chi connectivity index (χ3v) is 2.55. The minimum absolute atomic E-state index is 0.330. The molecule has 0 aliphatic carbocycles. The number of halogens is 1. The van der Waals surface area contributed by atoms with Crippen molar-refractivity contribution in [3.8, 4) is 5.75 Å².